The maximum atomic E-state index is 9.16. The minimum Gasteiger partial charge on any atom is -0.370 e. The predicted molar refractivity (Wildman–Crippen MR) is 76.0 cm³/mol. The zero-order valence-electron chi connectivity index (χ0n) is 10.8. The van der Waals surface area contributed by atoms with Crippen LogP contribution >= 0.6 is 11.6 Å². The number of piperidine rings is 1. The molecule has 96 valence electrons. The molecule has 0 bridgehead atoms. The van der Waals surface area contributed by atoms with Gasteiger partial charge in [0.15, 0.2) is 0 Å². The average Bonchev–Trinajstić information content (AvgIpc) is 2.40. The van der Waals surface area contributed by atoms with E-state index in [1.54, 1.807) is 6.07 Å². The van der Waals surface area contributed by atoms with Gasteiger partial charge in [0.1, 0.15) is 6.07 Å². The Hall–Kier alpha value is -1.20. The molecule has 0 unspecified atom stereocenters. The molecule has 0 saturated carbocycles. The second-order valence-electron chi connectivity index (χ2n) is 4.99. The molecule has 1 aliphatic rings. The molecule has 0 spiro atoms. The Labute approximate surface area is 114 Å². The van der Waals surface area contributed by atoms with Crippen LogP contribution in [0.3, 0.4) is 0 Å². The molecule has 1 aliphatic heterocycles. The Morgan fingerprint density at radius 1 is 1.39 bits per heavy atom. The van der Waals surface area contributed by atoms with Crippen LogP contribution in [0.5, 0.6) is 0 Å². The summed E-state index contributed by atoms with van der Waals surface area (Å²) in [4.78, 5) is 2.30. The molecule has 2 rings (SSSR count). The van der Waals surface area contributed by atoms with E-state index in [9.17, 15) is 0 Å². The third-order valence-corrected chi connectivity index (χ3v) is 3.97. The first-order chi connectivity index (χ1) is 8.74. The number of hydrogen-bond acceptors (Lipinski definition) is 2. The largest absolute Gasteiger partial charge is 0.370 e. The van der Waals surface area contributed by atoms with Crippen LogP contribution in [0, 0.1) is 17.2 Å². The van der Waals surface area contributed by atoms with Gasteiger partial charge in [-0.05, 0) is 37.0 Å². The summed E-state index contributed by atoms with van der Waals surface area (Å²) in [5.74, 6) is 0.857. The van der Waals surface area contributed by atoms with E-state index in [0.717, 1.165) is 30.3 Å². The second kappa shape index (κ2) is 6.11. The van der Waals surface area contributed by atoms with Gasteiger partial charge >= 0.3 is 0 Å². The van der Waals surface area contributed by atoms with E-state index >= 15 is 0 Å². The Bertz CT molecular complexity index is 442. The molecule has 2 nitrogen and oxygen atoms in total. The smallest absolute Gasteiger partial charge is 0.101 e. The van der Waals surface area contributed by atoms with E-state index < -0.39 is 0 Å². The molecule has 1 aromatic rings. The van der Waals surface area contributed by atoms with E-state index in [4.69, 9.17) is 16.9 Å². The summed E-state index contributed by atoms with van der Waals surface area (Å²) >= 11 is 6.04. The van der Waals surface area contributed by atoms with Gasteiger partial charge in [0, 0.05) is 18.1 Å². The van der Waals surface area contributed by atoms with Crippen LogP contribution in [-0.2, 0) is 0 Å². The molecule has 0 atom stereocenters. The van der Waals surface area contributed by atoms with E-state index in [1.807, 2.05) is 12.1 Å². The average molecular weight is 263 g/mol. The third-order valence-electron chi connectivity index (χ3n) is 3.73. The van der Waals surface area contributed by atoms with Gasteiger partial charge in [0.25, 0.3) is 0 Å². The molecule has 18 heavy (non-hydrogen) atoms. The number of halogens is 1. The highest BCUT2D eigenvalue weighted by Crippen LogP contribution is 2.29. The first-order valence-electron chi connectivity index (χ1n) is 6.69. The fourth-order valence-corrected chi connectivity index (χ4v) is 2.90. The van der Waals surface area contributed by atoms with Crippen LogP contribution in [-0.4, -0.2) is 13.1 Å². The van der Waals surface area contributed by atoms with E-state index in [2.05, 4.69) is 17.9 Å². The highest BCUT2D eigenvalue weighted by atomic mass is 35.5. The highest BCUT2D eigenvalue weighted by molar-refractivity contribution is 6.30. The van der Waals surface area contributed by atoms with Crippen molar-refractivity contribution in [2.45, 2.75) is 32.6 Å². The van der Waals surface area contributed by atoms with Gasteiger partial charge in [-0.25, -0.2) is 0 Å². The summed E-state index contributed by atoms with van der Waals surface area (Å²) in [6, 6.07) is 7.77. The summed E-state index contributed by atoms with van der Waals surface area (Å²) in [7, 11) is 0. The second-order valence-corrected chi connectivity index (χ2v) is 5.43. The van der Waals surface area contributed by atoms with Crippen LogP contribution in [0.25, 0.3) is 0 Å². The standard InChI is InChI=1S/C15H19ClN2/c1-2-3-12-6-8-18(9-7-12)15-10-14(16)5-4-13(15)11-17/h4-5,10,12H,2-3,6-9H2,1H3. The molecule has 0 aromatic heterocycles. The Morgan fingerprint density at radius 2 is 2.11 bits per heavy atom. The topological polar surface area (TPSA) is 27.0 Å². The van der Waals surface area contributed by atoms with Crippen molar-refractivity contribution in [3.63, 3.8) is 0 Å². The lowest BCUT2D eigenvalue weighted by atomic mass is 9.92. The monoisotopic (exact) mass is 262 g/mol. The molecule has 3 heteroatoms. The Morgan fingerprint density at radius 3 is 2.72 bits per heavy atom. The summed E-state index contributed by atoms with van der Waals surface area (Å²) in [6.45, 7) is 4.33. The Balaban J connectivity index is 2.10. The summed E-state index contributed by atoms with van der Waals surface area (Å²) in [6.07, 6.45) is 5.05. The van der Waals surface area contributed by atoms with Crippen molar-refractivity contribution >= 4 is 17.3 Å². The van der Waals surface area contributed by atoms with Crippen molar-refractivity contribution in [3.05, 3.63) is 28.8 Å². The number of nitrogens with zero attached hydrogens (tertiary/aromatic N) is 2. The third kappa shape index (κ3) is 2.97. The molecule has 1 fully saturated rings. The molecular formula is C15H19ClN2. The lowest BCUT2D eigenvalue weighted by Gasteiger charge is -2.34. The molecule has 1 saturated heterocycles. The van der Waals surface area contributed by atoms with Crippen molar-refractivity contribution in [1.29, 1.82) is 5.26 Å². The van der Waals surface area contributed by atoms with Crippen molar-refractivity contribution in [3.8, 4) is 6.07 Å². The molecule has 0 radical (unpaired) electrons. The van der Waals surface area contributed by atoms with Crippen molar-refractivity contribution < 1.29 is 0 Å². The highest BCUT2D eigenvalue weighted by Gasteiger charge is 2.20. The first-order valence-corrected chi connectivity index (χ1v) is 7.07. The van der Waals surface area contributed by atoms with Crippen molar-refractivity contribution in [2.24, 2.45) is 5.92 Å². The lowest BCUT2D eigenvalue weighted by Crippen LogP contribution is -2.34. The van der Waals surface area contributed by atoms with Crippen LogP contribution in [0.1, 0.15) is 38.2 Å². The number of hydrogen-bond donors (Lipinski definition) is 0. The van der Waals surface area contributed by atoms with E-state index in [-0.39, 0.29) is 0 Å². The van der Waals surface area contributed by atoms with Gasteiger partial charge in [0.2, 0.25) is 0 Å². The number of benzene rings is 1. The summed E-state index contributed by atoms with van der Waals surface area (Å²) in [5.41, 5.74) is 1.73. The van der Waals surface area contributed by atoms with Gasteiger partial charge < -0.3 is 4.90 Å². The minimum atomic E-state index is 0.708. The minimum absolute atomic E-state index is 0.708. The quantitative estimate of drug-likeness (QED) is 0.815. The molecule has 0 N–H and O–H groups in total. The number of nitriles is 1. The molecule has 0 amide bonds. The van der Waals surface area contributed by atoms with Crippen LogP contribution in [0.2, 0.25) is 5.02 Å². The molecule has 1 aromatic carbocycles. The van der Waals surface area contributed by atoms with Crippen LogP contribution < -0.4 is 4.90 Å². The maximum Gasteiger partial charge on any atom is 0.101 e. The van der Waals surface area contributed by atoms with E-state index in [0.29, 0.717) is 5.02 Å². The fourth-order valence-electron chi connectivity index (χ4n) is 2.73. The fraction of sp³-hybridized carbons (Fsp3) is 0.533. The zero-order valence-corrected chi connectivity index (χ0v) is 11.6. The first kappa shape index (κ1) is 13.2. The SMILES string of the molecule is CCCC1CCN(c2cc(Cl)ccc2C#N)CC1. The molecule has 1 heterocycles. The lowest BCUT2D eigenvalue weighted by molar-refractivity contribution is 0.378. The molecule has 0 aliphatic carbocycles. The predicted octanol–water partition coefficient (Wildman–Crippen LogP) is 4.23. The maximum absolute atomic E-state index is 9.16. The van der Waals surface area contributed by atoms with Gasteiger partial charge in [-0.1, -0.05) is 31.4 Å². The van der Waals surface area contributed by atoms with Crippen molar-refractivity contribution in [1.82, 2.24) is 0 Å². The van der Waals surface area contributed by atoms with Gasteiger partial charge in [-0.2, -0.15) is 5.26 Å². The normalized spacial score (nSPS) is 16.6. The Kier molecular flexibility index (Phi) is 4.49. The van der Waals surface area contributed by atoms with Crippen LogP contribution in [0.15, 0.2) is 18.2 Å². The summed E-state index contributed by atoms with van der Waals surface area (Å²) < 4.78 is 0. The van der Waals surface area contributed by atoms with Gasteiger partial charge in [-0.3, -0.25) is 0 Å². The number of rotatable bonds is 3. The number of anilines is 1. The zero-order chi connectivity index (χ0) is 13.0. The molecular weight excluding hydrogens is 244 g/mol. The van der Waals surface area contributed by atoms with Crippen molar-refractivity contribution in [2.75, 3.05) is 18.0 Å². The van der Waals surface area contributed by atoms with E-state index in [1.165, 1.54) is 25.7 Å². The van der Waals surface area contributed by atoms with Gasteiger partial charge in [-0.15, -0.1) is 0 Å². The van der Waals surface area contributed by atoms with Crippen LogP contribution in [0.4, 0.5) is 5.69 Å². The summed E-state index contributed by atoms with van der Waals surface area (Å²) in [5, 5.41) is 9.86. The van der Waals surface area contributed by atoms with Gasteiger partial charge in [0.05, 0.1) is 11.3 Å².